The summed E-state index contributed by atoms with van der Waals surface area (Å²) in [6.45, 7) is -0.175. The van der Waals surface area contributed by atoms with Gasteiger partial charge in [-0.3, -0.25) is 15.6 Å². The summed E-state index contributed by atoms with van der Waals surface area (Å²) in [5.41, 5.74) is 13.3. The van der Waals surface area contributed by atoms with Gasteiger partial charge in [0.15, 0.2) is 0 Å². The average Bonchev–Trinajstić information content (AvgIpc) is 2.46. The summed E-state index contributed by atoms with van der Waals surface area (Å²) in [5.74, 6) is -0.304. The summed E-state index contributed by atoms with van der Waals surface area (Å²) in [5, 5.41) is 9.17. The highest BCUT2D eigenvalue weighted by molar-refractivity contribution is 5.96. The Hall–Kier alpha value is -2.53. The van der Waals surface area contributed by atoms with Gasteiger partial charge in [0.2, 0.25) is 0 Å². The van der Waals surface area contributed by atoms with Crippen LogP contribution in [0.15, 0.2) is 48.5 Å². The molecule has 1 amide bonds. The lowest BCUT2D eigenvalue weighted by atomic mass is 10.1. The van der Waals surface area contributed by atoms with Crippen LogP contribution >= 0.6 is 0 Å². The zero-order valence-corrected chi connectivity index (χ0v) is 10.3. The first-order valence-electron chi connectivity index (χ1n) is 5.81. The first-order valence-corrected chi connectivity index (χ1v) is 5.81. The van der Waals surface area contributed by atoms with Crippen LogP contribution in [-0.2, 0) is 6.61 Å². The lowest BCUT2D eigenvalue weighted by Gasteiger charge is -2.10. The minimum atomic E-state index is -0.304. The number of hydrazine groups is 1. The molecule has 2 rings (SSSR count). The van der Waals surface area contributed by atoms with E-state index in [1.54, 1.807) is 48.5 Å². The number of aliphatic hydroxyl groups is 1. The van der Waals surface area contributed by atoms with Gasteiger partial charge in [-0.15, -0.1) is 0 Å². The van der Waals surface area contributed by atoms with E-state index < -0.39 is 0 Å². The maximum absolute atomic E-state index is 12.0. The van der Waals surface area contributed by atoms with E-state index >= 15 is 0 Å². The first-order chi connectivity index (χ1) is 9.20. The Bertz CT molecular complexity index is 567. The third-order valence-electron chi connectivity index (χ3n) is 2.66. The number of amides is 1. The van der Waals surface area contributed by atoms with Gasteiger partial charge in [0.1, 0.15) is 0 Å². The van der Waals surface area contributed by atoms with Crippen LogP contribution in [0.1, 0.15) is 15.9 Å². The second-order valence-electron chi connectivity index (χ2n) is 4.02. The topological polar surface area (TPSA) is 87.4 Å². The highest BCUT2D eigenvalue weighted by atomic mass is 16.3. The summed E-state index contributed by atoms with van der Waals surface area (Å²) in [4.78, 5) is 12.0. The number of nitrogens with two attached hydrogens (primary N) is 1. The fraction of sp³-hybridized carbons (Fsp3) is 0.0714. The zero-order chi connectivity index (χ0) is 13.7. The van der Waals surface area contributed by atoms with Gasteiger partial charge in [-0.1, -0.05) is 18.2 Å². The van der Waals surface area contributed by atoms with Crippen LogP contribution in [0.2, 0.25) is 0 Å². The first kappa shape index (κ1) is 12.9. The average molecular weight is 257 g/mol. The number of aliphatic hydroxyl groups excluding tert-OH is 1. The molecule has 0 saturated carbocycles. The Morgan fingerprint density at radius 3 is 2.47 bits per heavy atom. The molecule has 0 atom stereocenters. The van der Waals surface area contributed by atoms with Gasteiger partial charge in [0.05, 0.1) is 12.3 Å². The molecule has 0 unspecified atom stereocenters. The zero-order valence-electron chi connectivity index (χ0n) is 10.3. The molecule has 2 aromatic carbocycles. The number of nitrogen functional groups attached to an aromatic ring is 1. The van der Waals surface area contributed by atoms with Crippen LogP contribution in [0, 0.1) is 0 Å². The molecule has 0 spiro atoms. The molecule has 2 aromatic rings. The van der Waals surface area contributed by atoms with Crippen molar-refractivity contribution >= 4 is 17.3 Å². The molecule has 5 heteroatoms. The Balaban J connectivity index is 2.03. The largest absolute Gasteiger partial charge is 0.399 e. The highest BCUT2D eigenvalue weighted by Gasteiger charge is 2.09. The predicted octanol–water partition coefficient (Wildman–Crippen LogP) is 1.52. The normalized spacial score (nSPS) is 9.95. The molecule has 0 aliphatic heterocycles. The number of benzene rings is 2. The van der Waals surface area contributed by atoms with Crippen LogP contribution in [0.5, 0.6) is 0 Å². The van der Waals surface area contributed by atoms with Crippen molar-refractivity contribution in [3.63, 3.8) is 0 Å². The van der Waals surface area contributed by atoms with Crippen molar-refractivity contribution in [1.29, 1.82) is 0 Å². The standard InChI is InChI=1S/C14H15N3O2/c15-11-5-7-12(8-6-11)16-17-14(19)13-4-2-1-3-10(13)9-18/h1-8,16,18H,9,15H2,(H,17,19). The number of hydrogen-bond acceptors (Lipinski definition) is 4. The van der Waals surface area contributed by atoms with Gasteiger partial charge in [-0.25, -0.2) is 0 Å². The summed E-state index contributed by atoms with van der Waals surface area (Å²) in [6.07, 6.45) is 0. The number of rotatable bonds is 4. The number of anilines is 2. The summed E-state index contributed by atoms with van der Waals surface area (Å²) < 4.78 is 0. The van der Waals surface area contributed by atoms with E-state index in [1.165, 1.54) is 0 Å². The number of carbonyl (C=O) groups excluding carboxylic acids is 1. The van der Waals surface area contributed by atoms with Gasteiger partial charge < -0.3 is 10.8 Å². The van der Waals surface area contributed by atoms with Crippen molar-refractivity contribution in [3.8, 4) is 0 Å². The van der Waals surface area contributed by atoms with Crippen LogP contribution in [0.25, 0.3) is 0 Å². The second-order valence-corrected chi connectivity index (χ2v) is 4.02. The summed E-state index contributed by atoms with van der Waals surface area (Å²) >= 11 is 0. The maximum Gasteiger partial charge on any atom is 0.269 e. The molecule has 0 fully saturated rings. The van der Waals surface area contributed by atoms with E-state index in [0.29, 0.717) is 16.8 Å². The van der Waals surface area contributed by atoms with Gasteiger partial charge >= 0.3 is 0 Å². The lowest BCUT2D eigenvalue weighted by Crippen LogP contribution is -2.30. The van der Waals surface area contributed by atoms with Crippen molar-refractivity contribution in [1.82, 2.24) is 5.43 Å². The molecule has 5 N–H and O–H groups in total. The molecular weight excluding hydrogens is 242 g/mol. The van der Waals surface area contributed by atoms with Crippen molar-refractivity contribution in [2.24, 2.45) is 0 Å². The fourth-order valence-corrected chi connectivity index (χ4v) is 1.64. The third-order valence-corrected chi connectivity index (χ3v) is 2.66. The third kappa shape index (κ3) is 3.23. The van der Waals surface area contributed by atoms with E-state index in [2.05, 4.69) is 10.9 Å². The van der Waals surface area contributed by atoms with E-state index in [-0.39, 0.29) is 12.5 Å². The molecule has 0 heterocycles. The van der Waals surface area contributed by atoms with Crippen LogP contribution < -0.4 is 16.6 Å². The molecule has 0 aromatic heterocycles. The highest BCUT2D eigenvalue weighted by Crippen LogP contribution is 2.11. The van der Waals surface area contributed by atoms with Gasteiger partial charge in [0, 0.05) is 11.3 Å². The summed E-state index contributed by atoms with van der Waals surface area (Å²) in [7, 11) is 0. The summed E-state index contributed by atoms with van der Waals surface area (Å²) in [6, 6.07) is 13.9. The minimum absolute atomic E-state index is 0.175. The minimum Gasteiger partial charge on any atom is -0.399 e. The van der Waals surface area contributed by atoms with Gasteiger partial charge in [0.25, 0.3) is 5.91 Å². The van der Waals surface area contributed by atoms with Gasteiger partial charge in [-0.2, -0.15) is 0 Å². The van der Waals surface area contributed by atoms with Crippen molar-refractivity contribution in [3.05, 3.63) is 59.7 Å². The fourth-order valence-electron chi connectivity index (χ4n) is 1.64. The number of carbonyl (C=O) groups is 1. The van der Waals surface area contributed by atoms with Crippen LogP contribution in [0.4, 0.5) is 11.4 Å². The molecule has 0 aliphatic carbocycles. The quantitative estimate of drug-likeness (QED) is 0.494. The van der Waals surface area contributed by atoms with Crippen molar-refractivity contribution in [2.75, 3.05) is 11.2 Å². The van der Waals surface area contributed by atoms with E-state index in [9.17, 15) is 4.79 Å². The molecule has 0 radical (unpaired) electrons. The molecule has 19 heavy (non-hydrogen) atoms. The maximum atomic E-state index is 12.0. The monoisotopic (exact) mass is 257 g/mol. The predicted molar refractivity (Wildman–Crippen MR) is 74.3 cm³/mol. The van der Waals surface area contributed by atoms with E-state index in [0.717, 1.165) is 5.69 Å². The molecular formula is C14H15N3O2. The van der Waals surface area contributed by atoms with Crippen molar-refractivity contribution < 1.29 is 9.90 Å². The van der Waals surface area contributed by atoms with E-state index in [4.69, 9.17) is 10.8 Å². The molecule has 98 valence electrons. The molecule has 5 nitrogen and oxygen atoms in total. The smallest absolute Gasteiger partial charge is 0.269 e. The number of nitrogens with one attached hydrogen (secondary N) is 2. The van der Waals surface area contributed by atoms with Crippen LogP contribution in [0.3, 0.4) is 0 Å². The Kier molecular flexibility index (Phi) is 4.00. The molecule has 0 aliphatic rings. The molecule has 0 saturated heterocycles. The van der Waals surface area contributed by atoms with Gasteiger partial charge in [-0.05, 0) is 35.9 Å². The SMILES string of the molecule is Nc1ccc(NNC(=O)c2ccccc2CO)cc1. The Labute approximate surface area is 111 Å². The Morgan fingerprint density at radius 2 is 1.79 bits per heavy atom. The molecule has 0 bridgehead atoms. The van der Waals surface area contributed by atoms with Crippen molar-refractivity contribution in [2.45, 2.75) is 6.61 Å². The lowest BCUT2D eigenvalue weighted by molar-refractivity contribution is 0.0959. The number of hydrogen-bond donors (Lipinski definition) is 4. The van der Waals surface area contributed by atoms with Crippen LogP contribution in [-0.4, -0.2) is 11.0 Å². The van der Waals surface area contributed by atoms with E-state index in [1.807, 2.05) is 0 Å². The Morgan fingerprint density at radius 1 is 1.11 bits per heavy atom. The second kappa shape index (κ2) is 5.88.